The van der Waals surface area contributed by atoms with Gasteiger partial charge in [0.15, 0.2) is 0 Å². The first kappa shape index (κ1) is 20.0. The smallest absolute Gasteiger partial charge is 0.253 e. The molecule has 0 fully saturated rings. The van der Waals surface area contributed by atoms with Crippen LogP contribution in [-0.2, 0) is 22.6 Å². The van der Waals surface area contributed by atoms with Crippen molar-refractivity contribution in [3.8, 4) is 0 Å². The fraction of sp³-hybridized carbons (Fsp3) is 0.192. The zero-order valence-corrected chi connectivity index (χ0v) is 17.6. The lowest BCUT2D eigenvalue weighted by atomic mass is 10.1. The Morgan fingerprint density at radius 1 is 0.875 bits per heavy atom. The Balaban J connectivity index is 1.38. The zero-order valence-electron chi connectivity index (χ0n) is 17.6. The standard InChI is InChI=1S/C26H24N4O2/c31-24(27-18-20-11-5-2-6-12-20)17-23-25(32)29(16-15-19-9-3-1-4-10-19)26-28-21-13-7-8-14-22(21)30(23)26/h1-14,23H,15-18H2,(H,27,31)/t23-/m0/s1. The average molecular weight is 425 g/mol. The maximum Gasteiger partial charge on any atom is 0.253 e. The lowest BCUT2D eigenvalue weighted by Crippen LogP contribution is -2.34. The number of nitrogens with one attached hydrogen (secondary N) is 1. The van der Waals surface area contributed by atoms with Gasteiger partial charge in [0.05, 0.1) is 17.5 Å². The number of amides is 2. The van der Waals surface area contributed by atoms with E-state index in [9.17, 15) is 9.59 Å². The van der Waals surface area contributed by atoms with Gasteiger partial charge in [0.2, 0.25) is 11.9 Å². The quantitative estimate of drug-likeness (QED) is 0.490. The maximum atomic E-state index is 13.4. The van der Waals surface area contributed by atoms with Gasteiger partial charge in [0.1, 0.15) is 6.04 Å². The van der Waals surface area contributed by atoms with E-state index in [0.717, 1.165) is 28.6 Å². The lowest BCUT2D eigenvalue weighted by molar-refractivity contribution is -0.127. The van der Waals surface area contributed by atoms with Gasteiger partial charge in [-0.3, -0.25) is 19.1 Å². The van der Waals surface area contributed by atoms with Crippen molar-refractivity contribution in [3.05, 3.63) is 96.1 Å². The second kappa shape index (κ2) is 8.67. The molecular weight excluding hydrogens is 400 g/mol. The van der Waals surface area contributed by atoms with Gasteiger partial charge in [0, 0.05) is 13.1 Å². The molecule has 1 aliphatic rings. The number of aromatic nitrogens is 2. The third kappa shape index (κ3) is 3.87. The summed E-state index contributed by atoms with van der Waals surface area (Å²) in [6.45, 7) is 0.962. The van der Waals surface area contributed by atoms with Gasteiger partial charge in [-0.25, -0.2) is 4.98 Å². The van der Waals surface area contributed by atoms with Crippen molar-refractivity contribution in [2.75, 3.05) is 11.4 Å². The number of rotatable bonds is 7. The van der Waals surface area contributed by atoms with Crippen LogP contribution in [0.5, 0.6) is 0 Å². The fourth-order valence-electron chi connectivity index (χ4n) is 4.24. The predicted octanol–water partition coefficient (Wildman–Crippen LogP) is 3.87. The molecule has 160 valence electrons. The highest BCUT2D eigenvalue weighted by Crippen LogP contribution is 2.36. The monoisotopic (exact) mass is 424 g/mol. The number of anilines is 1. The van der Waals surface area contributed by atoms with Crippen LogP contribution in [0.15, 0.2) is 84.9 Å². The molecule has 6 nitrogen and oxygen atoms in total. The Labute approximate surface area is 186 Å². The number of para-hydroxylation sites is 2. The Hall–Kier alpha value is -3.93. The van der Waals surface area contributed by atoms with Crippen molar-refractivity contribution in [2.45, 2.75) is 25.4 Å². The van der Waals surface area contributed by atoms with E-state index in [0.29, 0.717) is 19.0 Å². The molecule has 2 amide bonds. The van der Waals surface area contributed by atoms with E-state index in [2.05, 4.69) is 17.4 Å². The molecule has 5 rings (SSSR count). The molecular formula is C26H24N4O2. The van der Waals surface area contributed by atoms with Crippen LogP contribution in [0.25, 0.3) is 11.0 Å². The maximum absolute atomic E-state index is 13.4. The molecule has 6 heteroatoms. The molecule has 0 radical (unpaired) electrons. The van der Waals surface area contributed by atoms with Crippen LogP contribution in [0.2, 0.25) is 0 Å². The molecule has 1 atom stereocenters. The third-order valence-electron chi connectivity index (χ3n) is 5.86. The van der Waals surface area contributed by atoms with E-state index in [1.807, 2.05) is 77.4 Å². The second-order valence-corrected chi connectivity index (χ2v) is 7.98. The number of nitrogens with zero attached hydrogens (tertiary/aromatic N) is 3. The molecule has 32 heavy (non-hydrogen) atoms. The average Bonchev–Trinajstić information content (AvgIpc) is 3.32. The summed E-state index contributed by atoms with van der Waals surface area (Å²) < 4.78 is 1.92. The highest BCUT2D eigenvalue weighted by molar-refractivity contribution is 6.03. The largest absolute Gasteiger partial charge is 0.352 e. The first-order valence-electron chi connectivity index (χ1n) is 10.8. The molecule has 2 heterocycles. The van der Waals surface area contributed by atoms with E-state index in [4.69, 9.17) is 4.98 Å². The molecule has 0 unspecified atom stereocenters. The Bertz CT molecular complexity index is 1250. The second-order valence-electron chi connectivity index (χ2n) is 7.98. The van der Waals surface area contributed by atoms with Crippen LogP contribution in [0.1, 0.15) is 23.6 Å². The molecule has 1 N–H and O–H groups in total. The van der Waals surface area contributed by atoms with Crippen LogP contribution in [-0.4, -0.2) is 27.9 Å². The molecule has 1 aromatic heterocycles. The van der Waals surface area contributed by atoms with Gasteiger partial charge in [-0.15, -0.1) is 0 Å². The van der Waals surface area contributed by atoms with Crippen LogP contribution in [0.3, 0.4) is 0 Å². The van der Waals surface area contributed by atoms with Crippen molar-refractivity contribution < 1.29 is 9.59 Å². The number of benzene rings is 3. The van der Waals surface area contributed by atoms with Gasteiger partial charge in [0.25, 0.3) is 5.91 Å². The molecule has 3 aromatic carbocycles. The minimum atomic E-state index is -0.594. The van der Waals surface area contributed by atoms with Crippen LogP contribution >= 0.6 is 0 Å². The number of hydrogen-bond donors (Lipinski definition) is 1. The topological polar surface area (TPSA) is 67.2 Å². The van der Waals surface area contributed by atoms with Crippen molar-refractivity contribution >= 4 is 28.8 Å². The fourth-order valence-corrected chi connectivity index (χ4v) is 4.24. The summed E-state index contributed by atoms with van der Waals surface area (Å²) in [5, 5.41) is 2.95. The summed E-state index contributed by atoms with van der Waals surface area (Å²) in [7, 11) is 0. The minimum absolute atomic E-state index is 0.0796. The number of carbonyl (C=O) groups excluding carboxylic acids is 2. The van der Waals surface area contributed by atoms with Crippen molar-refractivity contribution in [1.82, 2.24) is 14.9 Å². The van der Waals surface area contributed by atoms with Gasteiger partial charge in [-0.05, 0) is 29.7 Å². The zero-order chi connectivity index (χ0) is 21.9. The van der Waals surface area contributed by atoms with Gasteiger partial charge < -0.3 is 5.32 Å². The first-order chi connectivity index (χ1) is 15.7. The van der Waals surface area contributed by atoms with E-state index in [-0.39, 0.29) is 18.2 Å². The summed E-state index contributed by atoms with van der Waals surface area (Å²) in [4.78, 5) is 32.6. The van der Waals surface area contributed by atoms with Crippen LogP contribution in [0, 0.1) is 0 Å². The minimum Gasteiger partial charge on any atom is -0.352 e. The molecule has 1 aliphatic heterocycles. The normalized spacial score (nSPS) is 15.2. The van der Waals surface area contributed by atoms with E-state index in [1.165, 1.54) is 0 Å². The first-order valence-corrected chi connectivity index (χ1v) is 10.8. The van der Waals surface area contributed by atoms with Crippen LogP contribution in [0.4, 0.5) is 5.95 Å². The number of hydrogen-bond acceptors (Lipinski definition) is 3. The third-order valence-corrected chi connectivity index (χ3v) is 5.86. The predicted molar refractivity (Wildman–Crippen MR) is 124 cm³/mol. The number of fused-ring (bicyclic) bond motifs is 3. The molecule has 0 spiro atoms. The van der Waals surface area contributed by atoms with Gasteiger partial charge >= 0.3 is 0 Å². The molecule has 0 bridgehead atoms. The molecule has 4 aromatic rings. The van der Waals surface area contributed by atoms with Gasteiger partial charge in [-0.2, -0.15) is 0 Å². The number of imidazole rings is 1. The van der Waals surface area contributed by atoms with E-state index >= 15 is 0 Å². The van der Waals surface area contributed by atoms with E-state index in [1.54, 1.807) is 4.90 Å². The highest BCUT2D eigenvalue weighted by atomic mass is 16.2. The summed E-state index contributed by atoms with van der Waals surface area (Å²) in [6, 6.07) is 27.0. The Kier molecular flexibility index (Phi) is 5.42. The molecule has 0 saturated carbocycles. The summed E-state index contributed by atoms with van der Waals surface area (Å²) in [5.74, 6) is 0.387. The summed E-state index contributed by atoms with van der Waals surface area (Å²) >= 11 is 0. The van der Waals surface area contributed by atoms with E-state index < -0.39 is 6.04 Å². The van der Waals surface area contributed by atoms with Gasteiger partial charge in [-0.1, -0.05) is 72.8 Å². The summed E-state index contributed by atoms with van der Waals surface area (Å²) in [5.41, 5.74) is 3.89. The molecule has 0 aliphatic carbocycles. The summed E-state index contributed by atoms with van der Waals surface area (Å²) in [6.07, 6.45) is 0.809. The van der Waals surface area contributed by atoms with Crippen molar-refractivity contribution in [1.29, 1.82) is 0 Å². The van der Waals surface area contributed by atoms with Crippen molar-refractivity contribution in [2.24, 2.45) is 0 Å². The van der Waals surface area contributed by atoms with Crippen molar-refractivity contribution in [3.63, 3.8) is 0 Å². The number of carbonyl (C=O) groups is 2. The molecule has 0 saturated heterocycles. The lowest BCUT2D eigenvalue weighted by Gasteiger charge is -2.16. The Morgan fingerprint density at radius 2 is 1.53 bits per heavy atom. The highest BCUT2D eigenvalue weighted by Gasteiger charge is 2.40. The SMILES string of the molecule is O=C(C[C@H]1C(=O)N(CCc2ccccc2)c2nc3ccccc3n21)NCc1ccccc1. The van der Waals surface area contributed by atoms with Crippen LogP contribution < -0.4 is 10.2 Å². The Morgan fingerprint density at radius 3 is 2.28 bits per heavy atom.